The first-order valence-corrected chi connectivity index (χ1v) is 8.16. The van der Waals surface area contributed by atoms with Crippen molar-refractivity contribution in [1.29, 1.82) is 0 Å². The molecule has 0 aromatic heterocycles. The van der Waals surface area contributed by atoms with Crippen molar-refractivity contribution in [1.82, 2.24) is 10.6 Å². The second-order valence-electron chi connectivity index (χ2n) is 5.11. The molecule has 136 valence electrons. The molecule has 0 aliphatic rings. The average molecular weight is 455 g/mol. The molecule has 2 aromatic rings. The first kappa shape index (κ1) is 21.2. The highest BCUT2D eigenvalue weighted by Crippen LogP contribution is 2.21. The van der Waals surface area contributed by atoms with Crippen LogP contribution in [0.3, 0.4) is 0 Å². The maximum Gasteiger partial charge on any atom is 0.191 e. The van der Waals surface area contributed by atoms with Gasteiger partial charge < -0.3 is 20.1 Å². The fourth-order valence-corrected chi connectivity index (χ4v) is 2.14. The van der Waals surface area contributed by atoms with Gasteiger partial charge in [-0.25, -0.2) is 0 Å². The predicted molar refractivity (Wildman–Crippen MR) is 113 cm³/mol. The Hall–Kier alpha value is -1.80. The number of rotatable bonds is 8. The molecule has 0 atom stereocenters. The molecule has 6 heteroatoms. The first-order valence-electron chi connectivity index (χ1n) is 8.16. The van der Waals surface area contributed by atoms with Crippen LogP contribution in [0.15, 0.2) is 59.6 Å². The standard InChI is InChI=1S/C19H25N3O2.HI/c1-3-23-13-12-21-19(20-2)22-15-16-8-7-11-18(14-16)24-17-9-5-4-6-10-17;/h4-11,14H,3,12-13,15H2,1-2H3,(H2,20,21,22);1H. The monoisotopic (exact) mass is 455 g/mol. The van der Waals surface area contributed by atoms with Crippen LogP contribution in [-0.2, 0) is 11.3 Å². The zero-order valence-corrected chi connectivity index (χ0v) is 17.0. The summed E-state index contributed by atoms with van der Waals surface area (Å²) in [5.74, 6) is 2.40. The summed E-state index contributed by atoms with van der Waals surface area (Å²) < 4.78 is 11.2. The van der Waals surface area contributed by atoms with Gasteiger partial charge in [0.1, 0.15) is 11.5 Å². The van der Waals surface area contributed by atoms with Crippen LogP contribution < -0.4 is 15.4 Å². The van der Waals surface area contributed by atoms with Gasteiger partial charge in [0.25, 0.3) is 0 Å². The van der Waals surface area contributed by atoms with E-state index in [1.54, 1.807) is 7.05 Å². The summed E-state index contributed by atoms with van der Waals surface area (Å²) in [4.78, 5) is 4.20. The van der Waals surface area contributed by atoms with Crippen molar-refractivity contribution in [3.05, 3.63) is 60.2 Å². The molecule has 0 saturated carbocycles. The molecular weight excluding hydrogens is 429 g/mol. The highest BCUT2D eigenvalue weighted by molar-refractivity contribution is 14.0. The van der Waals surface area contributed by atoms with Gasteiger partial charge in [-0.15, -0.1) is 24.0 Å². The van der Waals surface area contributed by atoms with E-state index in [1.165, 1.54) is 0 Å². The molecule has 0 saturated heterocycles. The molecule has 2 aromatic carbocycles. The van der Waals surface area contributed by atoms with Crippen molar-refractivity contribution in [3.8, 4) is 11.5 Å². The SMILES string of the molecule is CCOCCNC(=NC)NCc1cccc(Oc2ccccc2)c1.I. The molecule has 0 unspecified atom stereocenters. The molecule has 0 amide bonds. The zero-order chi connectivity index (χ0) is 17.0. The number of nitrogens with one attached hydrogen (secondary N) is 2. The summed E-state index contributed by atoms with van der Waals surface area (Å²) in [7, 11) is 1.75. The third kappa shape index (κ3) is 8.22. The molecule has 25 heavy (non-hydrogen) atoms. The van der Waals surface area contributed by atoms with Gasteiger partial charge in [0.15, 0.2) is 5.96 Å². The Morgan fingerprint density at radius 3 is 2.48 bits per heavy atom. The lowest BCUT2D eigenvalue weighted by Gasteiger charge is -2.12. The number of hydrogen-bond donors (Lipinski definition) is 2. The van der Waals surface area contributed by atoms with E-state index in [0.29, 0.717) is 13.2 Å². The first-order chi connectivity index (χ1) is 11.8. The molecule has 0 aliphatic heterocycles. The molecule has 0 fully saturated rings. The number of ether oxygens (including phenoxy) is 2. The van der Waals surface area contributed by atoms with Gasteiger partial charge in [-0.2, -0.15) is 0 Å². The van der Waals surface area contributed by atoms with Crippen LogP contribution in [0.25, 0.3) is 0 Å². The van der Waals surface area contributed by atoms with E-state index in [9.17, 15) is 0 Å². The summed E-state index contributed by atoms with van der Waals surface area (Å²) in [6.07, 6.45) is 0. The minimum atomic E-state index is 0. The van der Waals surface area contributed by atoms with Crippen molar-refractivity contribution in [3.63, 3.8) is 0 Å². The molecule has 0 spiro atoms. The Balaban J connectivity index is 0.00000312. The molecule has 5 nitrogen and oxygen atoms in total. The molecular formula is C19H26IN3O2. The van der Waals surface area contributed by atoms with E-state index in [4.69, 9.17) is 9.47 Å². The van der Waals surface area contributed by atoms with E-state index in [2.05, 4.69) is 21.7 Å². The molecule has 0 aliphatic carbocycles. The quantitative estimate of drug-likeness (QED) is 0.275. The molecule has 0 heterocycles. The van der Waals surface area contributed by atoms with E-state index in [-0.39, 0.29) is 24.0 Å². The van der Waals surface area contributed by atoms with Gasteiger partial charge in [-0.1, -0.05) is 30.3 Å². The van der Waals surface area contributed by atoms with E-state index in [1.807, 2.05) is 55.5 Å². The van der Waals surface area contributed by atoms with E-state index >= 15 is 0 Å². The second kappa shape index (κ2) is 12.5. The lowest BCUT2D eigenvalue weighted by atomic mass is 10.2. The minimum absolute atomic E-state index is 0. The lowest BCUT2D eigenvalue weighted by Crippen LogP contribution is -2.38. The third-order valence-corrected chi connectivity index (χ3v) is 3.30. The normalized spacial score (nSPS) is 10.7. The Morgan fingerprint density at radius 1 is 1.00 bits per heavy atom. The van der Waals surface area contributed by atoms with Crippen molar-refractivity contribution < 1.29 is 9.47 Å². The summed E-state index contributed by atoms with van der Waals surface area (Å²) in [6.45, 7) is 4.77. The van der Waals surface area contributed by atoms with Crippen molar-refractivity contribution in [2.75, 3.05) is 26.8 Å². The fraction of sp³-hybridized carbons (Fsp3) is 0.316. The topological polar surface area (TPSA) is 54.9 Å². The van der Waals surface area contributed by atoms with Crippen LogP contribution in [0.5, 0.6) is 11.5 Å². The highest BCUT2D eigenvalue weighted by atomic mass is 127. The van der Waals surface area contributed by atoms with Crippen LogP contribution in [0, 0.1) is 0 Å². The van der Waals surface area contributed by atoms with E-state index in [0.717, 1.165) is 36.2 Å². The van der Waals surface area contributed by atoms with Gasteiger partial charge >= 0.3 is 0 Å². The predicted octanol–water partition coefficient (Wildman–Crippen LogP) is 3.80. The maximum absolute atomic E-state index is 5.85. The summed E-state index contributed by atoms with van der Waals surface area (Å²) in [6, 6.07) is 17.8. The smallest absolute Gasteiger partial charge is 0.191 e. The number of guanidine groups is 1. The summed E-state index contributed by atoms with van der Waals surface area (Å²) in [5.41, 5.74) is 1.12. The van der Waals surface area contributed by atoms with Gasteiger partial charge in [0.05, 0.1) is 6.61 Å². The Kier molecular flexibility index (Phi) is 10.7. The van der Waals surface area contributed by atoms with Gasteiger partial charge in [0, 0.05) is 26.7 Å². The number of halogens is 1. The van der Waals surface area contributed by atoms with Gasteiger partial charge in [-0.05, 0) is 36.8 Å². The van der Waals surface area contributed by atoms with Crippen LogP contribution in [0.2, 0.25) is 0 Å². The average Bonchev–Trinajstić information content (AvgIpc) is 2.62. The largest absolute Gasteiger partial charge is 0.457 e. The lowest BCUT2D eigenvalue weighted by molar-refractivity contribution is 0.152. The van der Waals surface area contributed by atoms with Crippen molar-refractivity contribution in [2.45, 2.75) is 13.5 Å². The molecule has 2 rings (SSSR count). The fourth-order valence-electron chi connectivity index (χ4n) is 2.14. The minimum Gasteiger partial charge on any atom is -0.457 e. The summed E-state index contributed by atoms with van der Waals surface area (Å²) in [5, 5.41) is 6.49. The van der Waals surface area contributed by atoms with Gasteiger partial charge in [0.2, 0.25) is 0 Å². The summed E-state index contributed by atoms with van der Waals surface area (Å²) >= 11 is 0. The van der Waals surface area contributed by atoms with Crippen molar-refractivity contribution in [2.24, 2.45) is 4.99 Å². The molecule has 0 bridgehead atoms. The van der Waals surface area contributed by atoms with Crippen LogP contribution in [0.4, 0.5) is 0 Å². The Morgan fingerprint density at radius 2 is 1.76 bits per heavy atom. The van der Waals surface area contributed by atoms with E-state index < -0.39 is 0 Å². The zero-order valence-electron chi connectivity index (χ0n) is 14.7. The second-order valence-corrected chi connectivity index (χ2v) is 5.11. The Labute approximate surface area is 166 Å². The number of para-hydroxylation sites is 1. The number of aliphatic imine (C=N–C) groups is 1. The highest BCUT2D eigenvalue weighted by Gasteiger charge is 2.01. The van der Waals surface area contributed by atoms with Crippen LogP contribution >= 0.6 is 24.0 Å². The molecule has 2 N–H and O–H groups in total. The number of benzene rings is 2. The van der Waals surface area contributed by atoms with Crippen LogP contribution in [0.1, 0.15) is 12.5 Å². The number of hydrogen-bond acceptors (Lipinski definition) is 3. The van der Waals surface area contributed by atoms with Gasteiger partial charge in [-0.3, -0.25) is 4.99 Å². The van der Waals surface area contributed by atoms with Crippen LogP contribution in [-0.4, -0.2) is 32.8 Å². The number of nitrogens with zero attached hydrogens (tertiary/aromatic N) is 1. The van der Waals surface area contributed by atoms with Crippen molar-refractivity contribution >= 4 is 29.9 Å². The molecule has 0 radical (unpaired) electrons. The Bertz CT molecular complexity index is 636. The maximum atomic E-state index is 5.85. The third-order valence-electron chi connectivity index (χ3n) is 3.30.